The zero-order valence-electron chi connectivity index (χ0n) is 38.0. The molecule has 0 amide bonds. The lowest BCUT2D eigenvalue weighted by Gasteiger charge is -2.27. The van der Waals surface area contributed by atoms with Crippen LogP contribution in [0.4, 0.5) is 0 Å². The predicted molar refractivity (Wildman–Crippen MR) is 254 cm³/mol. The molecular weight excluding hydrogens is 889 g/mol. The number of aromatic nitrogens is 1. The number of carboxylic acid groups (broad SMARTS) is 4. The Hall–Kier alpha value is -6.42. The van der Waals surface area contributed by atoms with Crippen molar-refractivity contribution in [1.29, 1.82) is 0 Å². The van der Waals surface area contributed by atoms with E-state index < -0.39 is 46.5 Å². The van der Waals surface area contributed by atoms with Gasteiger partial charge in [-0.05, 0) is 94.6 Å². The highest BCUT2D eigenvalue weighted by Crippen LogP contribution is 2.37. The number of fused-ring (bicyclic) bond motifs is 2. The van der Waals surface area contributed by atoms with E-state index in [1.807, 2.05) is 94.8 Å². The number of aryl methyl sites for hydroxylation is 2. The van der Waals surface area contributed by atoms with Crippen LogP contribution in [0.1, 0.15) is 72.4 Å². The van der Waals surface area contributed by atoms with Gasteiger partial charge < -0.3 is 46.2 Å². The van der Waals surface area contributed by atoms with Crippen molar-refractivity contribution in [2.75, 3.05) is 34.2 Å². The fourth-order valence-electron chi connectivity index (χ4n) is 6.22. The van der Waals surface area contributed by atoms with Gasteiger partial charge in [0.05, 0.1) is 17.9 Å². The molecule has 1 aliphatic carbocycles. The molecule has 6 rings (SSSR count). The van der Waals surface area contributed by atoms with E-state index in [0.29, 0.717) is 24.3 Å². The number of benzene rings is 3. The number of hydrogen-bond acceptors (Lipinski definition) is 12. The van der Waals surface area contributed by atoms with E-state index >= 15 is 0 Å². The van der Waals surface area contributed by atoms with Crippen molar-refractivity contribution in [2.45, 2.75) is 63.8 Å². The molecule has 364 valence electrons. The topological polar surface area (TPSA) is 304 Å². The van der Waals surface area contributed by atoms with Crippen LogP contribution in [0, 0.1) is 0 Å². The van der Waals surface area contributed by atoms with Gasteiger partial charge in [0, 0.05) is 61.2 Å². The van der Waals surface area contributed by atoms with E-state index in [-0.39, 0.29) is 12.1 Å². The summed E-state index contributed by atoms with van der Waals surface area (Å²) in [6.07, 6.45) is 7.87. The fraction of sp³-hybridized carbons (Fsp3) is 0.312. The SMILES string of the molecule is CN1CCC(=C2c3ccccc3CCc3cccnc32)CC1.CNC(C)C(O)c1ccccc1.CNC(C)C(O)c1ccccc1.O=C(O)/C=C\C(=O)O.O=C(O)/C=C\C(=O)O.O=S(=O)(O)O. The molecule has 0 bridgehead atoms. The van der Waals surface area contributed by atoms with Gasteiger partial charge >= 0.3 is 34.3 Å². The molecule has 0 spiro atoms. The van der Waals surface area contributed by atoms with Crippen LogP contribution in [-0.2, 0) is 42.4 Å². The Morgan fingerprint density at radius 2 is 0.955 bits per heavy atom. The third kappa shape index (κ3) is 25.2. The smallest absolute Gasteiger partial charge is 0.394 e. The summed E-state index contributed by atoms with van der Waals surface area (Å²) in [5.41, 5.74) is 10.5. The number of piperidine rings is 1. The average molecular weight is 951 g/mol. The van der Waals surface area contributed by atoms with Crippen molar-refractivity contribution in [3.8, 4) is 0 Å². The third-order valence-electron chi connectivity index (χ3n) is 9.90. The molecular formula is C48H62N4O14S. The monoisotopic (exact) mass is 950 g/mol. The highest BCUT2D eigenvalue weighted by Gasteiger charge is 2.24. The molecule has 1 aliphatic heterocycles. The number of aliphatic carboxylic acids is 4. The van der Waals surface area contributed by atoms with Gasteiger partial charge in [-0.25, -0.2) is 19.2 Å². The van der Waals surface area contributed by atoms with Gasteiger partial charge in [0.1, 0.15) is 0 Å². The molecule has 67 heavy (non-hydrogen) atoms. The maximum atomic E-state index is 9.73. The summed E-state index contributed by atoms with van der Waals surface area (Å²) in [7, 11) is 1.24. The van der Waals surface area contributed by atoms with Gasteiger partial charge in [-0.3, -0.25) is 14.1 Å². The molecule has 19 heteroatoms. The standard InChI is InChI=1S/C20H22N2.2C10H15NO.2C4H4O4.H2O4S/c1-22-13-10-16(11-14-22)19-18-7-3-2-5-15(18)8-9-17-6-4-12-21-20(17)19;2*1-8(11-2)10(12)9-6-4-3-5-7-9;2*5-3(6)1-2-4(7)8;1-5(2,3)4/h2-7,12H,8-11,13-14H2,1H3;2*3-8,10-12H,1-2H3;2*1-2H,(H,5,6)(H,7,8);(H2,1,2,3,4)/b;;;2*2-1-;. The second kappa shape index (κ2) is 31.5. The van der Waals surface area contributed by atoms with Crippen molar-refractivity contribution in [2.24, 2.45) is 0 Å². The van der Waals surface area contributed by atoms with Crippen LogP contribution in [0.25, 0.3) is 5.57 Å². The van der Waals surface area contributed by atoms with Crippen LogP contribution in [-0.4, -0.2) is 128 Å². The fourth-order valence-corrected chi connectivity index (χ4v) is 6.22. The van der Waals surface area contributed by atoms with Crippen molar-refractivity contribution in [3.63, 3.8) is 0 Å². The molecule has 1 aromatic heterocycles. The van der Waals surface area contributed by atoms with E-state index in [0.717, 1.165) is 49.9 Å². The quantitative estimate of drug-likeness (QED) is 0.0727. The van der Waals surface area contributed by atoms with E-state index in [4.69, 9.17) is 42.9 Å². The zero-order chi connectivity index (χ0) is 50.5. The Balaban J connectivity index is 0.000000433. The first kappa shape index (κ1) is 58.6. The summed E-state index contributed by atoms with van der Waals surface area (Å²) >= 11 is 0. The summed E-state index contributed by atoms with van der Waals surface area (Å²) < 4.78 is 31.6. The normalized spacial score (nSPS) is 14.8. The minimum Gasteiger partial charge on any atom is -0.478 e. The third-order valence-corrected chi connectivity index (χ3v) is 9.90. The van der Waals surface area contributed by atoms with Gasteiger partial charge in [0.15, 0.2) is 0 Å². The van der Waals surface area contributed by atoms with Crippen LogP contribution in [0.15, 0.2) is 133 Å². The molecule has 18 nitrogen and oxygen atoms in total. The number of nitrogens with one attached hydrogen (secondary N) is 2. The number of pyridine rings is 1. The Morgan fingerprint density at radius 3 is 1.34 bits per heavy atom. The predicted octanol–water partition coefficient (Wildman–Crippen LogP) is 5.13. The molecule has 2 heterocycles. The largest absolute Gasteiger partial charge is 0.478 e. The van der Waals surface area contributed by atoms with Crippen LogP contribution in [0.2, 0.25) is 0 Å². The van der Waals surface area contributed by atoms with Crippen molar-refractivity contribution < 1.29 is 67.3 Å². The van der Waals surface area contributed by atoms with Gasteiger partial charge in [0.2, 0.25) is 0 Å². The highest BCUT2D eigenvalue weighted by atomic mass is 32.3. The summed E-state index contributed by atoms with van der Waals surface area (Å²) in [5.74, 6) is -5.03. The van der Waals surface area contributed by atoms with Gasteiger partial charge in [-0.15, -0.1) is 0 Å². The number of hydrogen-bond donors (Lipinski definition) is 10. The lowest BCUT2D eigenvalue weighted by molar-refractivity contribution is -0.134. The first-order chi connectivity index (χ1) is 31.6. The van der Waals surface area contributed by atoms with Crippen molar-refractivity contribution >= 4 is 39.8 Å². The summed E-state index contributed by atoms with van der Waals surface area (Å²) in [6.45, 7) is 6.22. The Kier molecular flexibility index (Phi) is 27.5. The maximum absolute atomic E-state index is 9.73. The number of carbonyl (C=O) groups is 4. The van der Waals surface area contributed by atoms with E-state index in [1.54, 1.807) is 5.57 Å². The number of nitrogens with zero attached hydrogens (tertiary/aromatic N) is 2. The second-order valence-electron chi connectivity index (χ2n) is 14.8. The van der Waals surface area contributed by atoms with E-state index in [1.165, 1.54) is 28.0 Å². The highest BCUT2D eigenvalue weighted by molar-refractivity contribution is 7.79. The van der Waals surface area contributed by atoms with E-state index in [9.17, 15) is 29.4 Å². The molecule has 0 radical (unpaired) electrons. The second-order valence-corrected chi connectivity index (χ2v) is 15.7. The molecule has 3 aromatic carbocycles. The molecule has 2 aliphatic rings. The molecule has 4 unspecified atom stereocenters. The number of likely N-dealkylation sites (tertiary alicyclic amines) is 1. The number of aliphatic hydroxyl groups is 2. The van der Waals surface area contributed by atoms with Crippen LogP contribution in [0.5, 0.6) is 0 Å². The molecule has 1 fully saturated rings. The molecule has 1 saturated heterocycles. The minimum atomic E-state index is -4.67. The number of aliphatic hydroxyl groups excluding tert-OH is 2. The van der Waals surface area contributed by atoms with Gasteiger partial charge in [-0.1, -0.05) is 96.6 Å². The maximum Gasteiger partial charge on any atom is 0.394 e. The first-order valence-corrected chi connectivity index (χ1v) is 22.2. The van der Waals surface area contributed by atoms with Crippen molar-refractivity contribution in [3.05, 3.63) is 167 Å². The number of likely N-dealkylation sites (N-methyl/N-ethyl adjacent to an activating group) is 2. The summed E-state index contributed by atoms with van der Waals surface area (Å²) in [5, 5.41) is 56.7. The van der Waals surface area contributed by atoms with Crippen LogP contribution in [0.3, 0.4) is 0 Å². The van der Waals surface area contributed by atoms with E-state index in [2.05, 4.69) is 59.0 Å². The first-order valence-electron chi connectivity index (χ1n) is 20.8. The van der Waals surface area contributed by atoms with Crippen LogP contribution < -0.4 is 10.6 Å². The zero-order valence-corrected chi connectivity index (χ0v) is 38.8. The summed E-state index contributed by atoms with van der Waals surface area (Å²) in [6, 6.07) is 32.8. The lowest BCUT2D eigenvalue weighted by Crippen LogP contribution is -2.28. The molecule has 4 aromatic rings. The average Bonchev–Trinajstić information content (AvgIpc) is 3.47. The Morgan fingerprint density at radius 1 is 0.597 bits per heavy atom. The van der Waals surface area contributed by atoms with Gasteiger partial charge in [-0.2, -0.15) is 8.42 Å². The molecule has 0 saturated carbocycles. The lowest BCUT2D eigenvalue weighted by atomic mass is 9.89. The number of rotatable bonds is 10. The Labute approximate surface area is 391 Å². The Bertz CT molecular complexity index is 2160. The number of carboxylic acids is 4. The molecule has 4 atom stereocenters. The van der Waals surface area contributed by atoms with Crippen LogP contribution >= 0.6 is 0 Å². The minimum absolute atomic E-state index is 0.0902. The summed E-state index contributed by atoms with van der Waals surface area (Å²) in [4.78, 5) is 45.4. The van der Waals surface area contributed by atoms with Crippen molar-refractivity contribution in [1.82, 2.24) is 20.5 Å². The molecule has 10 N–H and O–H groups in total. The van der Waals surface area contributed by atoms with Gasteiger partial charge in [0.25, 0.3) is 0 Å².